The maximum Gasteiger partial charge on any atom is 2.00 e. The Morgan fingerprint density at radius 2 is 0.388 bits per heavy atom. The number of carboxylic acids is 6. The largest absolute Gasteiger partial charge is 2.00 e. The summed E-state index contributed by atoms with van der Waals surface area (Å²) in [6.07, 6.45) is -35.0. The fraction of sp³-hybridized carbons (Fsp3) is 0.800. The van der Waals surface area contributed by atoms with Crippen LogP contribution < -0.4 is 30.6 Å². The monoisotopic (exact) mass is 1080 g/mol. The second-order valence-electron chi connectivity index (χ2n) is 12.0. The molecule has 0 aromatic carbocycles. The quantitative estimate of drug-likeness (QED) is 0.0448. The van der Waals surface area contributed by atoms with E-state index in [9.17, 15) is 59.4 Å². The fourth-order valence-corrected chi connectivity index (χ4v) is 2.65. The zero-order chi connectivity index (χ0) is 52.7. The average molecular weight is 1080 g/mol. The van der Waals surface area contributed by atoms with E-state index in [4.69, 9.17) is 112 Å². The minimum absolute atomic E-state index is 0. The van der Waals surface area contributed by atoms with Gasteiger partial charge in [0.05, 0.1) is 74.5 Å². The zero-order valence-electron chi connectivity index (χ0n) is 35.1. The molecule has 384 valence electrons. The number of hydrogen-bond donors (Lipinski definition) is 22. The van der Waals surface area contributed by atoms with Gasteiger partial charge < -0.3 is 172 Å². The Bertz CT molecular complexity index is 1120. The summed E-state index contributed by atoms with van der Waals surface area (Å²) in [4.78, 5) is 58.6. The first kappa shape index (κ1) is 86.5. The molecule has 22 N–H and O–H groups in total. The summed E-state index contributed by atoms with van der Waals surface area (Å²) in [5.74, 6) is -10.8. The first-order chi connectivity index (χ1) is 28.9. The molecule has 0 radical (unpaired) electrons. The number of carboxylic acid groups (broad SMARTS) is 6. The summed E-state index contributed by atoms with van der Waals surface area (Å²) in [5, 5.41) is 248. The van der Waals surface area contributed by atoms with E-state index in [0.29, 0.717) is 0 Å². The Kier molecular flexibility index (Phi) is 62.0. The first-order valence-electron chi connectivity index (χ1n) is 16.9. The van der Waals surface area contributed by atoms with E-state index in [1.165, 1.54) is 0 Å². The van der Waals surface area contributed by atoms with Crippen LogP contribution in [-0.2, 0) is 28.8 Å². The van der Waals surface area contributed by atoms with Crippen LogP contribution in [0.5, 0.6) is 0 Å². The molecule has 0 spiro atoms. The molecule has 2 unspecified atom stereocenters. The topological polar surface area (TPSA) is 686 Å². The molecule has 0 aromatic rings. The van der Waals surface area contributed by atoms with E-state index in [1.54, 1.807) is 0 Å². The van der Waals surface area contributed by atoms with Crippen LogP contribution in [0.1, 0.15) is 13.8 Å². The number of rotatable bonds is 22. The van der Waals surface area contributed by atoms with Crippen molar-refractivity contribution in [2.24, 2.45) is 0 Å². The summed E-state index contributed by atoms with van der Waals surface area (Å²) in [5.41, 5.74) is 0. The number of aliphatic hydroxyl groups is 22. The van der Waals surface area contributed by atoms with Gasteiger partial charge >= 0.3 is 113 Å². The van der Waals surface area contributed by atoms with Crippen molar-refractivity contribution in [2.45, 2.75) is 124 Å². The molecule has 34 nitrogen and oxygen atoms in total. The maximum absolute atomic E-state index is 9.98. The van der Waals surface area contributed by atoms with Crippen molar-refractivity contribution in [3.05, 3.63) is 0 Å². The van der Waals surface area contributed by atoms with Crippen LogP contribution in [0.15, 0.2) is 0 Å². The predicted octanol–water partition coefficient (Wildman–Crippen LogP) is -24.2. The number of carbonyl (C=O) groups excluding carboxylic acids is 6. The van der Waals surface area contributed by atoms with Gasteiger partial charge in [-0.3, -0.25) is 0 Å². The smallest absolute Gasteiger partial charge is 0.547 e. The van der Waals surface area contributed by atoms with Crippen LogP contribution in [0.4, 0.5) is 0 Å². The van der Waals surface area contributed by atoms with Gasteiger partial charge in [-0.15, -0.1) is 0 Å². The molecule has 0 aliphatic heterocycles. The van der Waals surface area contributed by atoms with Crippen LogP contribution in [0.3, 0.4) is 0 Å². The Balaban J connectivity index is -0.0000000872. The minimum atomic E-state index is -2.31. The molecule has 67 heavy (non-hydrogen) atoms. The summed E-state index contributed by atoms with van der Waals surface area (Å²) < 4.78 is 0. The third-order valence-corrected chi connectivity index (χ3v) is 6.67. The number of aliphatic hydroxyl groups excluding tert-OH is 22. The van der Waals surface area contributed by atoms with E-state index in [2.05, 4.69) is 0 Å². The Labute approximate surface area is 466 Å². The van der Waals surface area contributed by atoms with E-state index in [1.807, 2.05) is 0 Å². The molecule has 0 aromatic heterocycles. The molecular formula is C30H54Ca3O34. The van der Waals surface area contributed by atoms with Gasteiger partial charge in [-0.1, -0.05) is 0 Å². The fourth-order valence-electron chi connectivity index (χ4n) is 2.65. The van der Waals surface area contributed by atoms with Crippen LogP contribution in [0.25, 0.3) is 0 Å². The average Bonchev–Trinajstić information content (AvgIpc) is 3.25. The van der Waals surface area contributed by atoms with E-state index in [0.717, 1.165) is 13.8 Å². The molecule has 0 fully saturated rings. The summed E-state index contributed by atoms with van der Waals surface area (Å²) in [7, 11) is 0. The van der Waals surface area contributed by atoms with Gasteiger partial charge in [0, 0.05) is 0 Å². The summed E-state index contributed by atoms with van der Waals surface area (Å²) in [6, 6.07) is 0. The van der Waals surface area contributed by atoms with Crippen molar-refractivity contribution < 1.29 is 172 Å². The van der Waals surface area contributed by atoms with Crippen LogP contribution >= 0.6 is 0 Å². The van der Waals surface area contributed by atoms with Crippen molar-refractivity contribution in [1.29, 1.82) is 0 Å². The normalized spacial score (nSPS) is 18.3. The molecule has 0 heterocycles. The molecule has 0 amide bonds. The van der Waals surface area contributed by atoms with Gasteiger partial charge in [0.25, 0.3) is 0 Å². The molecule has 37 heteroatoms. The zero-order valence-corrected chi connectivity index (χ0v) is 41.7. The Morgan fingerprint density at radius 1 is 0.284 bits per heavy atom. The van der Waals surface area contributed by atoms with E-state index in [-0.39, 0.29) is 113 Å². The molecule has 0 rings (SSSR count). The van der Waals surface area contributed by atoms with Gasteiger partial charge in [-0.25, -0.2) is 0 Å². The Hall–Kier alpha value is -0.281. The SMILES string of the molecule is CC(O)C(=O)[O-].CC(O)C(=O)[O-].O=C([O-])[C@H](O)[C@@H](O)[C@H](O)[C@H](O)CO.O=C([O-])[C@H](O)[C@@H](O)[C@H](O)[C@H](O)CO.O=C([O-])[C@H](O)[C@@H](O)[C@H](O)[C@H](O)CO.O=C([O-])[C@H](O)[C@@H](O)[C@H](O)[C@H](O)CO.[Ca+2].[Ca+2].[Ca+2]. The third-order valence-electron chi connectivity index (χ3n) is 6.67. The number of carbonyl (C=O) groups is 6. The molecular weight excluding hydrogens is 1020 g/mol. The van der Waals surface area contributed by atoms with Crippen molar-refractivity contribution in [3.8, 4) is 0 Å². The van der Waals surface area contributed by atoms with Crippen molar-refractivity contribution in [1.82, 2.24) is 0 Å². The van der Waals surface area contributed by atoms with Gasteiger partial charge in [-0.2, -0.15) is 0 Å². The number of hydrogen-bond acceptors (Lipinski definition) is 34. The molecule has 0 aliphatic carbocycles. The van der Waals surface area contributed by atoms with Gasteiger partial charge in [0.15, 0.2) is 0 Å². The predicted molar refractivity (Wildman–Crippen MR) is 195 cm³/mol. The maximum atomic E-state index is 9.98. The van der Waals surface area contributed by atoms with E-state index < -0.39 is 172 Å². The van der Waals surface area contributed by atoms with Gasteiger partial charge in [0.2, 0.25) is 0 Å². The molecule has 18 atom stereocenters. The van der Waals surface area contributed by atoms with Gasteiger partial charge in [-0.05, 0) is 13.8 Å². The Morgan fingerprint density at radius 3 is 0.448 bits per heavy atom. The second kappa shape index (κ2) is 48.0. The standard InChI is InChI=1S/4C6H12O7.2C3H6O3.3Ca/c4*7-1-2(8)3(9)4(10)5(11)6(12)13;2*1-2(4)3(5)6;;;/h4*2-5,7-11H,1H2,(H,12,13);2*2,4H,1H3,(H,5,6);;;/q;;;;;;3*+2/p-6/t4*2-,3-,4+,5-;;;;;/m1111...../s1. The van der Waals surface area contributed by atoms with Crippen LogP contribution in [0.2, 0.25) is 0 Å². The van der Waals surface area contributed by atoms with Gasteiger partial charge in [0.1, 0.15) is 97.7 Å². The summed E-state index contributed by atoms with van der Waals surface area (Å²) in [6.45, 7) is -1.18. The van der Waals surface area contributed by atoms with E-state index >= 15 is 0 Å². The molecule has 0 saturated carbocycles. The molecule has 0 aliphatic rings. The molecule has 0 bridgehead atoms. The van der Waals surface area contributed by atoms with Crippen molar-refractivity contribution in [2.75, 3.05) is 26.4 Å². The number of aliphatic carboxylic acids is 6. The second-order valence-corrected chi connectivity index (χ2v) is 12.0. The van der Waals surface area contributed by atoms with Crippen LogP contribution in [0, 0.1) is 0 Å². The summed E-state index contributed by atoms with van der Waals surface area (Å²) >= 11 is 0. The van der Waals surface area contributed by atoms with Crippen molar-refractivity contribution >= 4 is 149 Å². The van der Waals surface area contributed by atoms with Crippen molar-refractivity contribution in [3.63, 3.8) is 0 Å². The molecule has 0 saturated heterocycles. The third kappa shape index (κ3) is 42.0. The minimum Gasteiger partial charge on any atom is -0.547 e. The van der Waals surface area contributed by atoms with Crippen LogP contribution in [-0.4, -0.2) is 398 Å². The first-order valence-corrected chi connectivity index (χ1v) is 16.9.